The van der Waals surface area contributed by atoms with Crippen LogP contribution in [0.15, 0.2) is 18.3 Å². The fourth-order valence-corrected chi connectivity index (χ4v) is 2.89. The molecule has 1 fully saturated rings. The number of anilines is 1. The first-order valence-corrected chi connectivity index (χ1v) is 7.85. The zero-order valence-corrected chi connectivity index (χ0v) is 13.1. The van der Waals surface area contributed by atoms with E-state index in [0.29, 0.717) is 6.04 Å². The summed E-state index contributed by atoms with van der Waals surface area (Å²) < 4.78 is 0. The van der Waals surface area contributed by atoms with Gasteiger partial charge in [-0.15, -0.1) is 0 Å². The molecule has 0 spiro atoms. The van der Waals surface area contributed by atoms with Crippen molar-refractivity contribution < 1.29 is 0 Å². The van der Waals surface area contributed by atoms with Crippen molar-refractivity contribution in [3.8, 4) is 0 Å². The van der Waals surface area contributed by atoms with Crippen molar-refractivity contribution in [1.82, 2.24) is 15.2 Å². The predicted molar refractivity (Wildman–Crippen MR) is 85.2 cm³/mol. The first-order chi connectivity index (χ1) is 9.74. The Kier molecular flexibility index (Phi) is 5.80. The summed E-state index contributed by atoms with van der Waals surface area (Å²) in [5.41, 5.74) is 1.32. The summed E-state index contributed by atoms with van der Waals surface area (Å²) in [6.07, 6.45) is 4.33. The van der Waals surface area contributed by atoms with E-state index in [9.17, 15) is 0 Å². The zero-order valence-electron chi connectivity index (χ0n) is 13.1. The summed E-state index contributed by atoms with van der Waals surface area (Å²) in [4.78, 5) is 9.56. The van der Waals surface area contributed by atoms with Crippen LogP contribution in [0.2, 0.25) is 0 Å². The lowest BCUT2D eigenvalue weighted by Crippen LogP contribution is -2.40. The summed E-state index contributed by atoms with van der Waals surface area (Å²) in [6.45, 7) is 9.78. The molecule has 1 saturated heterocycles. The second-order valence-electron chi connectivity index (χ2n) is 5.67. The standard InChI is InChI=1S/C16H28N4/c1-4-15-13-19(3)9-6-10-20(15)16-11-14(7-8-18-16)12-17-5-2/h7-8,11,15,17H,4-6,9-10,12-13H2,1-3H3. The fourth-order valence-electron chi connectivity index (χ4n) is 2.89. The summed E-state index contributed by atoms with van der Waals surface area (Å²) >= 11 is 0. The van der Waals surface area contributed by atoms with Gasteiger partial charge in [0.2, 0.25) is 0 Å². The van der Waals surface area contributed by atoms with Gasteiger partial charge in [-0.3, -0.25) is 0 Å². The first kappa shape index (κ1) is 15.3. The molecule has 0 radical (unpaired) electrons. The molecule has 0 saturated carbocycles. The maximum atomic E-state index is 4.62. The molecule has 1 unspecified atom stereocenters. The Morgan fingerprint density at radius 3 is 2.95 bits per heavy atom. The molecule has 1 aromatic rings. The fraction of sp³-hybridized carbons (Fsp3) is 0.688. The van der Waals surface area contributed by atoms with Gasteiger partial charge in [0.25, 0.3) is 0 Å². The number of pyridine rings is 1. The molecule has 1 aliphatic heterocycles. The lowest BCUT2D eigenvalue weighted by Gasteiger charge is -2.31. The SMILES string of the molecule is CCNCc1ccnc(N2CCCN(C)CC2CC)c1. The van der Waals surface area contributed by atoms with Crippen molar-refractivity contribution >= 4 is 5.82 Å². The second kappa shape index (κ2) is 7.60. The van der Waals surface area contributed by atoms with E-state index in [1.54, 1.807) is 0 Å². The van der Waals surface area contributed by atoms with Crippen LogP contribution in [0.1, 0.15) is 32.3 Å². The monoisotopic (exact) mass is 276 g/mol. The van der Waals surface area contributed by atoms with E-state index in [1.807, 2.05) is 6.20 Å². The van der Waals surface area contributed by atoms with Crippen LogP contribution < -0.4 is 10.2 Å². The second-order valence-corrected chi connectivity index (χ2v) is 5.67. The van der Waals surface area contributed by atoms with Gasteiger partial charge < -0.3 is 15.1 Å². The molecule has 0 aromatic carbocycles. The van der Waals surface area contributed by atoms with E-state index >= 15 is 0 Å². The third kappa shape index (κ3) is 3.93. The summed E-state index contributed by atoms with van der Waals surface area (Å²) in [7, 11) is 2.22. The van der Waals surface area contributed by atoms with Crippen LogP contribution in [0, 0.1) is 0 Å². The van der Waals surface area contributed by atoms with Gasteiger partial charge in [0, 0.05) is 31.9 Å². The minimum Gasteiger partial charge on any atom is -0.352 e. The first-order valence-electron chi connectivity index (χ1n) is 7.85. The quantitative estimate of drug-likeness (QED) is 0.892. The maximum Gasteiger partial charge on any atom is 0.129 e. The van der Waals surface area contributed by atoms with Crippen LogP contribution in [-0.4, -0.2) is 49.2 Å². The van der Waals surface area contributed by atoms with Gasteiger partial charge in [-0.25, -0.2) is 4.98 Å². The molecule has 0 aliphatic carbocycles. The summed E-state index contributed by atoms with van der Waals surface area (Å²) in [5, 5.41) is 3.38. The van der Waals surface area contributed by atoms with Gasteiger partial charge in [-0.2, -0.15) is 0 Å². The van der Waals surface area contributed by atoms with Crippen molar-refractivity contribution in [3.63, 3.8) is 0 Å². The number of hydrogen-bond acceptors (Lipinski definition) is 4. The van der Waals surface area contributed by atoms with E-state index in [1.165, 1.54) is 24.9 Å². The Balaban J connectivity index is 2.15. The van der Waals surface area contributed by atoms with Crippen molar-refractivity contribution in [2.45, 2.75) is 39.3 Å². The van der Waals surface area contributed by atoms with Crippen LogP contribution in [-0.2, 0) is 6.54 Å². The molecular formula is C16H28N4. The molecule has 2 heterocycles. The lowest BCUT2D eigenvalue weighted by atomic mass is 10.1. The predicted octanol–water partition coefficient (Wildman–Crippen LogP) is 2.11. The largest absolute Gasteiger partial charge is 0.352 e. The molecule has 1 N–H and O–H groups in total. The minimum atomic E-state index is 0.574. The molecule has 1 aromatic heterocycles. The van der Waals surface area contributed by atoms with Crippen LogP contribution >= 0.6 is 0 Å². The van der Waals surface area contributed by atoms with E-state index in [-0.39, 0.29) is 0 Å². The van der Waals surface area contributed by atoms with Crippen molar-refractivity contribution in [1.29, 1.82) is 0 Å². The topological polar surface area (TPSA) is 31.4 Å². The molecule has 2 rings (SSSR count). The van der Waals surface area contributed by atoms with E-state index in [0.717, 1.165) is 32.0 Å². The molecule has 4 nitrogen and oxygen atoms in total. The van der Waals surface area contributed by atoms with Gasteiger partial charge in [0.05, 0.1) is 0 Å². The normalized spacial score (nSPS) is 20.9. The number of nitrogens with one attached hydrogen (secondary N) is 1. The van der Waals surface area contributed by atoms with Crippen LogP contribution in [0.4, 0.5) is 5.82 Å². The smallest absolute Gasteiger partial charge is 0.129 e. The van der Waals surface area contributed by atoms with E-state index < -0.39 is 0 Å². The number of likely N-dealkylation sites (N-methyl/N-ethyl adjacent to an activating group) is 1. The highest BCUT2D eigenvalue weighted by atomic mass is 15.3. The van der Waals surface area contributed by atoms with Gasteiger partial charge >= 0.3 is 0 Å². The van der Waals surface area contributed by atoms with Crippen molar-refractivity contribution in [2.75, 3.05) is 38.1 Å². The van der Waals surface area contributed by atoms with Crippen molar-refractivity contribution in [2.24, 2.45) is 0 Å². The molecular weight excluding hydrogens is 248 g/mol. The van der Waals surface area contributed by atoms with E-state index in [2.05, 4.69) is 53.1 Å². The Labute approximate surface area is 123 Å². The highest BCUT2D eigenvalue weighted by Crippen LogP contribution is 2.20. The Morgan fingerprint density at radius 2 is 2.20 bits per heavy atom. The third-order valence-corrected chi connectivity index (χ3v) is 4.06. The molecule has 4 heteroatoms. The summed E-state index contributed by atoms with van der Waals surface area (Å²) in [6, 6.07) is 4.93. The van der Waals surface area contributed by atoms with Crippen LogP contribution in [0.5, 0.6) is 0 Å². The molecule has 1 aliphatic rings. The van der Waals surface area contributed by atoms with Gasteiger partial charge in [-0.1, -0.05) is 13.8 Å². The highest BCUT2D eigenvalue weighted by Gasteiger charge is 2.23. The van der Waals surface area contributed by atoms with E-state index in [4.69, 9.17) is 0 Å². The number of rotatable bonds is 5. The van der Waals surface area contributed by atoms with Crippen molar-refractivity contribution in [3.05, 3.63) is 23.9 Å². The van der Waals surface area contributed by atoms with Crippen LogP contribution in [0.3, 0.4) is 0 Å². The minimum absolute atomic E-state index is 0.574. The molecule has 0 amide bonds. The number of aromatic nitrogens is 1. The van der Waals surface area contributed by atoms with Crippen LogP contribution in [0.25, 0.3) is 0 Å². The third-order valence-electron chi connectivity index (χ3n) is 4.06. The lowest BCUT2D eigenvalue weighted by molar-refractivity contribution is 0.327. The molecule has 1 atom stereocenters. The Hall–Kier alpha value is -1.13. The molecule has 0 bridgehead atoms. The van der Waals surface area contributed by atoms with Gasteiger partial charge in [0.15, 0.2) is 0 Å². The molecule has 112 valence electrons. The average molecular weight is 276 g/mol. The molecule has 20 heavy (non-hydrogen) atoms. The number of nitrogens with zero attached hydrogens (tertiary/aromatic N) is 3. The highest BCUT2D eigenvalue weighted by molar-refractivity contribution is 5.42. The Morgan fingerprint density at radius 1 is 1.35 bits per heavy atom. The summed E-state index contributed by atoms with van der Waals surface area (Å²) in [5.74, 6) is 1.14. The Bertz CT molecular complexity index is 407. The average Bonchev–Trinajstić information content (AvgIpc) is 2.66. The zero-order chi connectivity index (χ0) is 14.4. The van der Waals surface area contributed by atoms with Gasteiger partial charge in [0.1, 0.15) is 5.82 Å². The maximum absolute atomic E-state index is 4.62. The van der Waals surface area contributed by atoms with Gasteiger partial charge in [-0.05, 0) is 50.7 Å². The number of hydrogen-bond donors (Lipinski definition) is 1.